The Bertz CT molecular complexity index is 680. The van der Waals surface area contributed by atoms with E-state index in [-0.39, 0.29) is 17.9 Å². The highest BCUT2D eigenvalue weighted by Gasteiger charge is 2.34. The molecule has 1 aliphatic rings. The van der Waals surface area contributed by atoms with Crippen LogP contribution in [0.4, 0.5) is 5.82 Å². The topological polar surface area (TPSA) is 79.9 Å². The third kappa shape index (κ3) is 2.92. The zero-order valence-electron chi connectivity index (χ0n) is 12.4. The number of amides is 1. The van der Waals surface area contributed by atoms with Gasteiger partial charge in [0.2, 0.25) is 5.91 Å². The summed E-state index contributed by atoms with van der Waals surface area (Å²) < 4.78 is 5.56. The van der Waals surface area contributed by atoms with Crippen LogP contribution < -0.4 is 5.32 Å². The van der Waals surface area contributed by atoms with Gasteiger partial charge >= 0.3 is 0 Å². The van der Waals surface area contributed by atoms with Gasteiger partial charge in [0.15, 0.2) is 5.82 Å². The van der Waals surface area contributed by atoms with Crippen molar-refractivity contribution in [1.82, 2.24) is 15.2 Å². The maximum Gasteiger partial charge on any atom is 0.231 e. The first kappa shape index (κ1) is 14.5. The second kappa shape index (κ2) is 6.11. The number of hydrogen-bond acceptors (Lipinski definition) is 4. The smallest absolute Gasteiger partial charge is 0.231 e. The van der Waals surface area contributed by atoms with E-state index < -0.39 is 0 Å². The monoisotopic (exact) mass is 298 g/mol. The second-order valence-electron chi connectivity index (χ2n) is 5.42. The number of hydrogen-bond donors (Lipinski definition) is 2. The number of carbonyl (C=O) groups is 1. The Morgan fingerprint density at radius 3 is 2.95 bits per heavy atom. The van der Waals surface area contributed by atoms with Gasteiger partial charge in [-0.1, -0.05) is 12.2 Å². The van der Waals surface area contributed by atoms with Gasteiger partial charge in [-0.15, -0.1) is 0 Å². The highest BCUT2D eigenvalue weighted by molar-refractivity contribution is 5.93. The molecule has 2 N–H and O–H groups in total. The van der Waals surface area contributed by atoms with Crippen LogP contribution in [0.5, 0.6) is 0 Å². The van der Waals surface area contributed by atoms with Crippen molar-refractivity contribution in [3.8, 4) is 11.3 Å². The third-order valence-corrected chi connectivity index (χ3v) is 3.73. The number of nitrogens with zero attached hydrogens (tertiary/aromatic N) is 2. The average Bonchev–Trinajstić information content (AvgIpc) is 3.17. The number of H-pyrrole nitrogens is 1. The maximum absolute atomic E-state index is 12.4. The standard InChI is InChI=1S/C16H18N4O2/c1-10(2)15-12(5-8-22-15)16(21)18-14-9-13(19-20-14)11-3-6-17-7-4-11/h3-4,6-7,9,12,15H,1,5,8H2,2H3,(H2,18,19,20,21)/t12-,15-/m0/s1. The molecule has 3 heterocycles. The first-order chi connectivity index (χ1) is 10.6. The lowest BCUT2D eigenvalue weighted by Crippen LogP contribution is -2.30. The molecule has 0 spiro atoms. The van der Waals surface area contributed by atoms with E-state index in [2.05, 4.69) is 27.1 Å². The molecule has 0 saturated carbocycles. The molecule has 0 bridgehead atoms. The first-order valence-corrected chi connectivity index (χ1v) is 7.19. The van der Waals surface area contributed by atoms with Crippen LogP contribution in [-0.2, 0) is 9.53 Å². The predicted octanol–water partition coefficient (Wildman–Crippen LogP) is 2.39. The Hall–Kier alpha value is -2.47. The molecule has 2 aromatic heterocycles. The van der Waals surface area contributed by atoms with Crippen molar-refractivity contribution in [1.29, 1.82) is 0 Å². The number of aromatic amines is 1. The van der Waals surface area contributed by atoms with Crippen LogP contribution in [0, 0.1) is 5.92 Å². The van der Waals surface area contributed by atoms with E-state index >= 15 is 0 Å². The zero-order chi connectivity index (χ0) is 15.5. The number of aromatic nitrogens is 3. The SMILES string of the molecule is C=C(C)[C@@H]1OCC[C@@H]1C(=O)Nc1cc(-c2ccncc2)[nH]n1. The highest BCUT2D eigenvalue weighted by atomic mass is 16.5. The van der Waals surface area contributed by atoms with Crippen molar-refractivity contribution < 1.29 is 9.53 Å². The molecule has 0 aromatic carbocycles. The van der Waals surface area contributed by atoms with E-state index in [1.54, 1.807) is 18.5 Å². The molecule has 1 aliphatic heterocycles. The van der Waals surface area contributed by atoms with Gasteiger partial charge in [-0.2, -0.15) is 5.10 Å². The summed E-state index contributed by atoms with van der Waals surface area (Å²) in [7, 11) is 0. The van der Waals surface area contributed by atoms with Crippen molar-refractivity contribution in [2.24, 2.45) is 5.92 Å². The number of ether oxygens (including phenoxy) is 1. The Morgan fingerprint density at radius 2 is 2.23 bits per heavy atom. The first-order valence-electron chi connectivity index (χ1n) is 7.19. The van der Waals surface area contributed by atoms with Gasteiger partial charge in [0.05, 0.1) is 17.7 Å². The van der Waals surface area contributed by atoms with Crippen LogP contribution in [0.3, 0.4) is 0 Å². The predicted molar refractivity (Wildman–Crippen MR) is 83.1 cm³/mol. The van der Waals surface area contributed by atoms with Gasteiger partial charge in [-0.25, -0.2) is 0 Å². The molecule has 0 radical (unpaired) electrons. The van der Waals surface area contributed by atoms with E-state index in [1.165, 1.54) is 0 Å². The lowest BCUT2D eigenvalue weighted by molar-refractivity contribution is -0.120. The summed E-state index contributed by atoms with van der Waals surface area (Å²) in [5.41, 5.74) is 2.67. The zero-order valence-corrected chi connectivity index (χ0v) is 12.4. The molecule has 1 saturated heterocycles. The van der Waals surface area contributed by atoms with Gasteiger partial charge in [0.25, 0.3) is 0 Å². The summed E-state index contributed by atoms with van der Waals surface area (Å²) in [5, 5.41) is 9.88. The number of carbonyl (C=O) groups excluding carboxylic acids is 1. The molecule has 22 heavy (non-hydrogen) atoms. The number of nitrogens with one attached hydrogen (secondary N) is 2. The van der Waals surface area contributed by atoms with Crippen molar-refractivity contribution in [2.75, 3.05) is 11.9 Å². The molecule has 0 aliphatic carbocycles. The number of pyridine rings is 1. The summed E-state index contributed by atoms with van der Waals surface area (Å²) in [6.45, 7) is 6.35. The quantitative estimate of drug-likeness (QED) is 0.849. The van der Waals surface area contributed by atoms with Crippen LogP contribution in [0.15, 0.2) is 42.7 Å². The largest absolute Gasteiger partial charge is 0.373 e. The van der Waals surface area contributed by atoms with E-state index in [4.69, 9.17) is 4.74 Å². The molecular weight excluding hydrogens is 280 g/mol. The Balaban J connectivity index is 1.70. The molecular formula is C16H18N4O2. The Morgan fingerprint density at radius 1 is 1.45 bits per heavy atom. The molecule has 2 aromatic rings. The summed E-state index contributed by atoms with van der Waals surface area (Å²) in [4.78, 5) is 16.4. The molecule has 6 heteroatoms. The molecule has 3 rings (SSSR count). The number of anilines is 1. The van der Waals surface area contributed by atoms with E-state index in [9.17, 15) is 4.79 Å². The Kier molecular flexibility index (Phi) is 4.02. The van der Waals surface area contributed by atoms with Crippen molar-refractivity contribution in [2.45, 2.75) is 19.4 Å². The minimum absolute atomic E-state index is 0.0849. The summed E-state index contributed by atoms with van der Waals surface area (Å²) in [6, 6.07) is 5.56. The highest BCUT2D eigenvalue weighted by Crippen LogP contribution is 2.27. The average molecular weight is 298 g/mol. The van der Waals surface area contributed by atoms with Crippen LogP contribution in [-0.4, -0.2) is 33.8 Å². The van der Waals surface area contributed by atoms with Crippen LogP contribution in [0.25, 0.3) is 11.3 Å². The number of rotatable bonds is 4. The lowest BCUT2D eigenvalue weighted by Gasteiger charge is -2.17. The van der Waals surface area contributed by atoms with Gasteiger partial charge in [0.1, 0.15) is 0 Å². The minimum Gasteiger partial charge on any atom is -0.373 e. The van der Waals surface area contributed by atoms with Gasteiger partial charge in [0, 0.05) is 30.6 Å². The second-order valence-corrected chi connectivity index (χ2v) is 5.42. The summed E-state index contributed by atoms with van der Waals surface area (Å²) >= 11 is 0. The minimum atomic E-state index is -0.210. The molecule has 1 amide bonds. The van der Waals surface area contributed by atoms with Crippen LogP contribution in [0.1, 0.15) is 13.3 Å². The molecule has 6 nitrogen and oxygen atoms in total. The van der Waals surface area contributed by atoms with Crippen LogP contribution >= 0.6 is 0 Å². The Labute approximate surface area is 128 Å². The summed E-state index contributed by atoms with van der Waals surface area (Å²) in [5.74, 6) is 0.209. The fraction of sp³-hybridized carbons (Fsp3) is 0.312. The van der Waals surface area contributed by atoms with Crippen molar-refractivity contribution in [3.05, 3.63) is 42.7 Å². The van der Waals surface area contributed by atoms with Gasteiger partial charge < -0.3 is 10.1 Å². The van der Waals surface area contributed by atoms with Crippen molar-refractivity contribution >= 4 is 11.7 Å². The van der Waals surface area contributed by atoms with E-state index in [0.717, 1.165) is 16.8 Å². The third-order valence-electron chi connectivity index (χ3n) is 3.73. The fourth-order valence-electron chi connectivity index (χ4n) is 2.63. The van der Waals surface area contributed by atoms with E-state index in [0.29, 0.717) is 18.8 Å². The van der Waals surface area contributed by atoms with Crippen LogP contribution in [0.2, 0.25) is 0 Å². The fourth-order valence-corrected chi connectivity index (χ4v) is 2.63. The van der Waals surface area contributed by atoms with E-state index in [1.807, 2.05) is 19.1 Å². The summed E-state index contributed by atoms with van der Waals surface area (Å²) in [6.07, 6.45) is 3.91. The normalized spacial score (nSPS) is 20.8. The molecule has 1 fully saturated rings. The van der Waals surface area contributed by atoms with Crippen molar-refractivity contribution in [3.63, 3.8) is 0 Å². The molecule has 2 atom stereocenters. The van der Waals surface area contributed by atoms with Gasteiger partial charge in [-0.3, -0.25) is 14.9 Å². The van der Waals surface area contributed by atoms with Gasteiger partial charge in [-0.05, 0) is 25.5 Å². The molecule has 114 valence electrons. The molecule has 0 unspecified atom stereocenters. The maximum atomic E-state index is 12.4. The lowest BCUT2D eigenvalue weighted by atomic mass is 9.96.